The second-order valence-electron chi connectivity index (χ2n) is 5.40. The Labute approximate surface area is 129 Å². The number of carbonyl (C=O) groups is 1. The zero-order valence-electron chi connectivity index (χ0n) is 13.0. The van der Waals surface area contributed by atoms with Crippen LogP contribution in [0.25, 0.3) is 0 Å². The van der Waals surface area contributed by atoms with Crippen molar-refractivity contribution in [2.45, 2.75) is 19.9 Å². The van der Waals surface area contributed by atoms with Gasteiger partial charge < -0.3 is 11.1 Å². The Hall–Kier alpha value is -2.41. The molecule has 0 saturated heterocycles. The number of anilines is 1. The summed E-state index contributed by atoms with van der Waals surface area (Å²) in [5.74, 6) is 0.882. The summed E-state index contributed by atoms with van der Waals surface area (Å²) in [6.45, 7) is 3.66. The number of hydrogen-bond donors (Lipinski definition) is 3. The quantitative estimate of drug-likeness (QED) is 0.691. The monoisotopic (exact) mass is 302 g/mol. The highest BCUT2D eigenvalue weighted by molar-refractivity contribution is 5.77. The van der Waals surface area contributed by atoms with Gasteiger partial charge in [-0.2, -0.15) is 4.98 Å². The van der Waals surface area contributed by atoms with E-state index >= 15 is 0 Å². The second-order valence-corrected chi connectivity index (χ2v) is 5.40. The number of likely N-dealkylation sites (N-methyl/N-ethyl adjacent to an activating group) is 1. The number of carbonyl (C=O) groups excluding carboxylic acids is 1. The van der Waals surface area contributed by atoms with Crippen LogP contribution in [0.4, 0.5) is 5.95 Å². The number of rotatable bonds is 7. The normalized spacial score (nSPS) is 10.9. The lowest BCUT2D eigenvalue weighted by Crippen LogP contribution is -2.35. The van der Waals surface area contributed by atoms with Gasteiger partial charge in [0.1, 0.15) is 5.82 Å². The maximum absolute atomic E-state index is 11.9. The van der Waals surface area contributed by atoms with Crippen molar-refractivity contribution in [3.05, 3.63) is 41.2 Å². The number of benzene rings is 1. The Morgan fingerprint density at radius 3 is 2.73 bits per heavy atom. The molecule has 2 aromatic rings. The van der Waals surface area contributed by atoms with E-state index < -0.39 is 0 Å². The number of nitrogens with two attached hydrogens (primary N) is 1. The van der Waals surface area contributed by atoms with Crippen molar-refractivity contribution in [1.82, 2.24) is 25.4 Å². The third kappa shape index (κ3) is 5.17. The van der Waals surface area contributed by atoms with Gasteiger partial charge in [-0.1, -0.05) is 29.8 Å². The molecule has 118 valence electrons. The average Bonchev–Trinajstić information content (AvgIpc) is 2.87. The third-order valence-corrected chi connectivity index (χ3v) is 3.22. The summed E-state index contributed by atoms with van der Waals surface area (Å²) in [6.07, 6.45) is 0.581. The minimum absolute atomic E-state index is 0.0119. The molecule has 1 amide bonds. The molecule has 0 radical (unpaired) electrons. The van der Waals surface area contributed by atoms with Gasteiger partial charge >= 0.3 is 0 Å². The minimum Gasteiger partial charge on any atom is -0.367 e. The van der Waals surface area contributed by atoms with Crippen LogP contribution in [0.2, 0.25) is 0 Å². The number of amides is 1. The smallest absolute Gasteiger partial charge is 0.239 e. The van der Waals surface area contributed by atoms with E-state index in [1.165, 1.54) is 11.1 Å². The zero-order valence-corrected chi connectivity index (χ0v) is 13.0. The Morgan fingerprint density at radius 2 is 2.09 bits per heavy atom. The summed E-state index contributed by atoms with van der Waals surface area (Å²) >= 11 is 0. The van der Waals surface area contributed by atoms with Crippen molar-refractivity contribution in [1.29, 1.82) is 0 Å². The zero-order chi connectivity index (χ0) is 15.9. The van der Waals surface area contributed by atoms with Gasteiger partial charge in [0.05, 0.1) is 6.54 Å². The molecule has 1 aromatic carbocycles. The van der Waals surface area contributed by atoms with E-state index in [4.69, 9.17) is 5.73 Å². The number of aromatic amines is 1. The first-order chi connectivity index (χ1) is 10.5. The third-order valence-electron chi connectivity index (χ3n) is 3.22. The van der Waals surface area contributed by atoms with Crippen molar-refractivity contribution in [2.24, 2.45) is 0 Å². The summed E-state index contributed by atoms with van der Waals surface area (Å²) in [7, 11) is 1.93. The van der Waals surface area contributed by atoms with E-state index in [2.05, 4.69) is 51.7 Å². The Morgan fingerprint density at radius 1 is 1.36 bits per heavy atom. The van der Waals surface area contributed by atoms with Gasteiger partial charge in [0, 0.05) is 19.5 Å². The van der Waals surface area contributed by atoms with E-state index in [9.17, 15) is 4.79 Å². The molecule has 1 heterocycles. The van der Waals surface area contributed by atoms with Crippen molar-refractivity contribution in [3.63, 3.8) is 0 Å². The molecule has 0 atom stereocenters. The van der Waals surface area contributed by atoms with Gasteiger partial charge in [0.2, 0.25) is 11.9 Å². The molecule has 0 fully saturated rings. The second kappa shape index (κ2) is 7.56. The van der Waals surface area contributed by atoms with Crippen LogP contribution in [0, 0.1) is 6.92 Å². The van der Waals surface area contributed by atoms with Crippen LogP contribution in [-0.4, -0.2) is 46.1 Å². The molecule has 0 saturated carbocycles. The molecule has 22 heavy (non-hydrogen) atoms. The number of H-pyrrole nitrogens is 1. The van der Waals surface area contributed by atoms with Gasteiger partial charge in [0.15, 0.2) is 0 Å². The van der Waals surface area contributed by atoms with Crippen molar-refractivity contribution < 1.29 is 4.79 Å². The molecule has 7 nitrogen and oxygen atoms in total. The molecular weight excluding hydrogens is 280 g/mol. The molecule has 0 aliphatic carbocycles. The lowest BCUT2D eigenvalue weighted by atomic mass is 10.1. The molecule has 0 unspecified atom stereocenters. The van der Waals surface area contributed by atoms with E-state index in [1.807, 2.05) is 11.9 Å². The summed E-state index contributed by atoms with van der Waals surface area (Å²) in [6, 6.07) is 8.31. The van der Waals surface area contributed by atoms with Crippen LogP contribution in [0.3, 0.4) is 0 Å². The van der Waals surface area contributed by atoms with E-state index in [1.54, 1.807) is 0 Å². The molecule has 7 heteroatoms. The first kappa shape index (κ1) is 16.0. The highest BCUT2D eigenvalue weighted by Crippen LogP contribution is 2.05. The van der Waals surface area contributed by atoms with E-state index in [0.29, 0.717) is 25.3 Å². The highest BCUT2D eigenvalue weighted by Gasteiger charge is 2.07. The van der Waals surface area contributed by atoms with Crippen molar-refractivity contribution >= 4 is 11.9 Å². The Balaban J connectivity index is 1.68. The Bertz CT molecular complexity index is 607. The number of hydrogen-bond acceptors (Lipinski definition) is 5. The summed E-state index contributed by atoms with van der Waals surface area (Å²) < 4.78 is 0. The van der Waals surface area contributed by atoms with E-state index in [-0.39, 0.29) is 11.9 Å². The van der Waals surface area contributed by atoms with Crippen molar-refractivity contribution in [3.8, 4) is 0 Å². The van der Waals surface area contributed by atoms with Gasteiger partial charge in [0.25, 0.3) is 0 Å². The topological polar surface area (TPSA) is 99.9 Å². The molecule has 0 aliphatic heterocycles. The van der Waals surface area contributed by atoms with Crippen LogP contribution in [0.15, 0.2) is 24.3 Å². The first-order valence-electron chi connectivity index (χ1n) is 7.20. The average molecular weight is 302 g/mol. The van der Waals surface area contributed by atoms with Crippen LogP contribution in [0.5, 0.6) is 0 Å². The summed E-state index contributed by atoms with van der Waals surface area (Å²) in [5, 5.41) is 9.30. The minimum atomic E-state index is -0.0119. The largest absolute Gasteiger partial charge is 0.367 e. The van der Waals surface area contributed by atoms with Crippen molar-refractivity contribution in [2.75, 3.05) is 25.9 Å². The fourth-order valence-electron chi connectivity index (χ4n) is 2.10. The lowest BCUT2D eigenvalue weighted by molar-refractivity contribution is -0.122. The number of nitrogen functional groups attached to an aromatic ring is 1. The standard InChI is InChI=1S/C15H22N6O/c1-11-3-5-12(6-4-11)9-21(2)10-14(22)17-8-7-13-18-15(16)20-19-13/h3-6H,7-10H2,1-2H3,(H,17,22)(H3,16,18,19,20). The van der Waals surface area contributed by atoms with Crippen LogP contribution < -0.4 is 11.1 Å². The molecular formula is C15H22N6O. The van der Waals surface area contributed by atoms with Gasteiger partial charge in [-0.15, -0.1) is 5.10 Å². The molecule has 0 bridgehead atoms. The fraction of sp³-hybridized carbons (Fsp3) is 0.400. The number of aryl methyl sites for hydroxylation is 1. The van der Waals surface area contributed by atoms with Crippen LogP contribution in [0.1, 0.15) is 17.0 Å². The first-order valence-corrected chi connectivity index (χ1v) is 7.20. The van der Waals surface area contributed by atoms with Gasteiger partial charge in [-0.3, -0.25) is 14.8 Å². The number of nitrogens with zero attached hydrogens (tertiary/aromatic N) is 3. The SMILES string of the molecule is Cc1ccc(CN(C)CC(=O)NCCc2nc(N)n[nH]2)cc1. The van der Waals surface area contributed by atoms with Crippen LogP contribution in [-0.2, 0) is 17.8 Å². The summed E-state index contributed by atoms with van der Waals surface area (Å²) in [5.41, 5.74) is 7.84. The molecule has 0 aliphatic rings. The van der Waals surface area contributed by atoms with Gasteiger partial charge in [-0.25, -0.2) is 0 Å². The molecule has 4 N–H and O–H groups in total. The fourth-order valence-corrected chi connectivity index (χ4v) is 2.10. The molecule has 1 aromatic heterocycles. The maximum Gasteiger partial charge on any atom is 0.239 e. The summed E-state index contributed by atoms with van der Waals surface area (Å²) in [4.78, 5) is 17.8. The molecule has 0 spiro atoms. The predicted octanol–water partition coefficient (Wildman–Crippen LogP) is 0.486. The van der Waals surface area contributed by atoms with Crippen LogP contribution >= 0.6 is 0 Å². The molecule has 2 rings (SSSR count). The highest BCUT2D eigenvalue weighted by atomic mass is 16.2. The Kier molecular flexibility index (Phi) is 5.48. The lowest BCUT2D eigenvalue weighted by Gasteiger charge is -2.16. The van der Waals surface area contributed by atoms with E-state index in [0.717, 1.165) is 6.54 Å². The maximum atomic E-state index is 11.9. The van der Waals surface area contributed by atoms with Gasteiger partial charge in [-0.05, 0) is 19.5 Å². The number of aromatic nitrogens is 3. The number of nitrogens with one attached hydrogen (secondary N) is 2. The predicted molar refractivity (Wildman–Crippen MR) is 85.0 cm³/mol.